The second-order valence-electron chi connectivity index (χ2n) is 11.2. The molecule has 11 heteroatoms. The highest BCUT2D eigenvalue weighted by Crippen LogP contribution is 2.36. The number of ether oxygens (including phenoxy) is 2. The molecular formula is C37H40N4O7. The molecule has 0 saturated heterocycles. The third kappa shape index (κ3) is 8.20. The summed E-state index contributed by atoms with van der Waals surface area (Å²) in [6.45, 7) is 7.60. The maximum Gasteiger partial charge on any atom is 0.353 e. The number of allylic oxidation sites excluding steroid dienone is 1. The lowest BCUT2D eigenvalue weighted by molar-refractivity contribution is -0.138. The fourth-order valence-electron chi connectivity index (χ4n) is 5.59. The van der Waals surface area contributed by atoms with E-state index in [0.717, 1.165) is 56.8 Å². The predicted molar refractivity (Wildman–Crippen MR) is 184 cm³/mol. The molecule has 2 aromatic carbocycles. The van der Waals surface area contributed by atoms with Crippen molar-refractivity contribution < 1.29 is 24.2 Å². The van der Waals surface area contributed by atoms with Crippen LogP contribution in [0, 0.1) is 11.3 Å². The standard InChI is InChI=1S/C37H40N4O7/c1-4-7-8-9-22-47-29-16-14-28(15-17-29)40-20-19-27-23-26(13-18-32(27)40)11-10-12-30-35(44)39(6-3)34(41(36(30)45)25-33(42)43)31(24-38)37(46)48-21-5-2/h5,10-18,23H,2,4,6-9,19-22,25H2,1,3H3,(H,42,43)/b11-10+,30-12+,34-31-. The summed E-state index contributed by atoms with van der Waals surface area (Å²) in [6.07, 6.45) is 11.4. The van der Waals surface area contributed by atoms with Crippen molar-refractivity contribution in [2.24, 2.45) is 0 Å². The molecule has 1 N–H and O–H groups in total. The smallest absolute Gasteiger partial charge is 0.353 e. The molecule has 0 fully saturated rings. The van der Waals surface area contributed by atoms with Crippen LogP contribution in [-0.4, -0.2) is 45.9 Å². The van der Waals surface area contributed by atoms with Crippen LogP contribution in [0.5, 0.6) is 5.75 Å². The first-order chi connectivity index (χ1) is 23.2. The first kappa shape index (κ1) is 35.2. The maximum atomic E-state index is 13.5. The Balaban J connectivity index is 1.63. The van der Waals surface area contributed by atoms with Gasteiger partial charge in [-0.3, -0.25) is 23.5 Å². The molecule has 1 aliphatic heterocycles. The first-order valence-corrected chi connectivity index (χ1v) is 16.0. The van der Waals surface area contributed by atoms with Gasteiger partial charge in [0.1, 0.15) is 35.7 Å². The maximum absolute atomic E-state index is 13.5. The number of aliphatic carboxylic acids is 1. The molecule has 250 valence electrons. The Morgan fingerprint density at radius 2 is 1.79 bits per heavy atom. The van der Waals surface area contributed by atoms with Gasteiger partial charge >= 0.3 is 11.9 Å². The van der Waals surface area contributed by atoms with Crippen molar-refractivity contribution in [3.63, 3.8) is 0 Å². The molecule has 4 rings (SSSR count). The minimum atomic E-state index is -1.40. The molecule has 0 spiro atoms. The molecule has 0 bridgehead atoms. The highest BCUT2D eigenvalue weighted by atomic mass is 16.5. The number of rotatable bonds is 15. The van der Waals surface area contributed by atoms with Crippen LogP contribution in [-0.2, 0) is 33.8 Å². The molecular weight excluding hydrogens is 612 g/mol. The van der Waals surface area contributed by atoms with Gasteiger partial charge in [-0.15, -0.1) is 0 Å². The Kier molecular flexibility index (Phi) is 12.3. The zero-order chi connectivity index (χ0) is 34.6. The highest BCUT2D eigenvalue weighted by Gasteiger charge is 2.22. The second-order valence-corrected chi connectivity index (χ2v) is 11.2. The van der Waals surface area contributed by atoms with E-state index in [1.165, 1.54) is 31.4 Å². The average molecular weight is 653 g/mol. The van der Waals surface area contributed by atoms with E-state index in [-0.39, 0.29) is 18.4 Å². The topological polar surface area (TPSA) is 144 Å². The molecule has 3 aromatic rings. The molecule has 0 saturated carbocycles. The summed E-state index contributed by atoms with van der Waals surface area (Å²) >= 11 is 0. The van der Waals surface area contributed by atoms with Gasteiger partial charge in [0.2, 0.25) is 0 Å². The van der Waals surface area contributed by atoms with Gasteiger partial charge in [0.15, 0.2) is 5.57 Å². The molecule has 0 aliphatic carbocycles. The summed E-state index contributed by atoms with van der Waals surface area (Å²) in [5, 5.41) is 19.0. The summed E-state index contributed by atoms with van der Waals surface area (Å²) < 4.78 is 12.6. The van der Waals surface area contributed by atoms with Crippen molar-refractivity contribution in [1.82, 2.24) is 9.13 Å². The van der Waals surface area contributed by atoms with Crippen LogP contribution in [0.1, 0.15) is 50.7 Å². The van der Waals surface area contributed by atoms with E-state index in [0.29, 0.717) is 6.61 Å². The van der Waals surface area contributed by atoms with E-state index in [4.69, 9.17) is 9.47 Å². The van der Waals surface area contributed by atoms with Crippen LogP contribution >= 0.6 is 0 Å². The number of carbonyl (C=O) groups is 2. The SMILES string of the molecule is C=CCOC(=O)/C(C#N)=c1/n(CC)c(=O)/c(=C\C=C\c2ccc3c(c2)CCN3c2ccc(OCCCCCC)cc2)c(=O)n1CC(=O)O. The van der Waals surface area contributed by atoms with E-state index in [2.05, 4.69) is 30.5 Å². The number of fused-ring (bicyclic) bond motifs is 1. The number of carbonyl (C=O) groups excluding carboxylic acids is 1. The zero-order valence-corrected chi connectivity index (χ0v) is 27.3. The van der Waals surface area contributed by atoms with Gasteiger partial charge in [-0.1, -0.05) is 57.1 Å². The Labute approximate surface area is 278 Å². The lowest BCUT2D eigenvalue weighted by Crippen LogP contribution is -2.59. The van der Waals surface area contributed by atoms with Gasteiger partial charge < -0.3 is 19.5 Å². The lowest BCUT2D eigenvalue weighted by Gasteiger charge is -2.20. The molecule has 0 unspecified atom stereocenters. The Hall–Kier alpha value is -5.63. The molecule has 2 heterocycles. The lowest BCUT2D eigenvalue weighted by atomic mass is 10.1. The molecule has 1 aliphatic rings. The first-order valence-electron chi connectivity index (χ1n) is 16.0. The Morgan fingerprint density at radius 1 is 1.04 bits per heavy atom. The summed E-state index contributed by atoms with van der Waals surface area (Å²) in [7, 11) is 0. The number of carboxylic acids is 1. The van der Waals surface area contributed by atoms with Crippen molar-refractivity contribution in [2.45, 2.75) is 59.0 Å². The van der Waals surface area contributed by atoms with Crippen molar-refractivity contribution >= 4 is 41.0 Å². The average Bonchev–Trinajstić information content (AvgIpc) is 3.50. The van der Waals surface area contributed by atoms with E-state index >= 15 is 0 Å². The monoisotopic (exact) mass is 652 g/mol. The number of hydrogen-bond donors (Lipinski definition) is 1. The van der Waals surface area contributed by atoms with Crippen LogP contribution in [0.15, 0.2) is 70.8 Å². The number of nitrogens with zero attached hydrogens (tertiary/aromatic N) is 4. The van der Waals surface area contributed by atoms with Gasteiger partial charge in [0.05, 0.1) is 6.61 Å². The Morgan fingerprint density at radius 3 is 2.46 bits per heavy atom. The number of carboxylic acid groups (broad SMARTS) is 1. The summed E-state index contributed by atoms with van der Waals surface area (Å²) in [6, 6.07) is 15.8. The summed E-state index contributed by atoms with van der Waals surface area (Å²) in [5.41, 5.74) is 1.35. The summed E-state index contributed by atoms with van der Waals surface area (Å²) in [4.78, 5) is 53.5. The van der Waals surface area contributed by atoms with E-state index < -0.39 is 40.7 Å². The molecule has 48 heavy (non-hydrogen) atoms. The molecule has 0 radical (unpaired) electrons. The number of esters is 1. The zero-order valence-electron chi connectivity index (χ0n) is 27.3. The summed E-state index contributed by atoms with van der Waals surface area (Å²) in [5.74, 6) is -1.65. The van der Waals surface area contributed by atoms with E-state index in [1.54, 1.807) is 25.1 Å². The fraction of sp³-hybridized carbons (Fsp3) is 0.324. The van der Waals surface area contributed by atoms with Crippen molar-refractivity contribution in [2.75, 3.05) is 24.7 Å². The highest BCUT2D eigenvalue weighted by molar-refractivity contribution is 6.15. The minimum absolute atomic E-state index is 0.0470. The predicted octanol–water partition coefficient (Wildman–Crippen LogP) is 3.67. The molecule has 1 aromatic heterocycles. The number of aromatic nitrogens is 2. The van der Waals surface area contributed by atoms with Crippen LogP contribution in [0.4, 0.5) is 11.4 Å². The fourth-order valence-corrected chi connectivity index (χ4v) is 5.59. The van der Waals surface area contributed by atoms with E-state index in [9.17, 15) is 29.5 Å². The number of anilines is 2. The largest absolute Gasteiger partial charge is 0.494 e. The molecule has 0 atom stereocenters. The van der Waals surface area contributed by atoms with Gasteiger partial charge in [-0.2, -0.15) is 5.26 Å². The number of benzene rings is 2. The third-order valence-electron chi connectivity index (χ3n) is 7.91. The number of hydrogen-bond acceptors (Lipinski definition) is 8. The van der Waals surface area contributed by atoms with Gasteiger partial charge in [-0.25, -0.2) is 4.79 Å². The normalized spacial score (nSPS) is 13.3. The van der Waals surface area contributed by atoms with Crippen LogP contribution in [0.3, 0.4) is 0 Å². The minimum Gasteiger partial charge on any atom is -0.494 e. The molecule has 0 amide bonds. The van der Waals surface area contributed by atoms with E-state index in [1.807, 2.05) is 30.3 Å². The van der Waals surface area contributed by atoms with Gasteiger partial charge in [-0.05, 0) is 73.4 Å². The van der Waals surface area contributed by atoms with Gasteiger partial charge in [0, 0.05) is 24.5 Å². The van der Waals surface area contributed by atoms with Crippen molar-refractivity contribution in [3.8, 4) is 11.8 Å². The molecule has 11 nitrogen and oxygen atoms in total. The third-order valence-corrected chi connectivity index (χ3v) is 7.91. The van der Waals surface area contributed by atoms with Crippen LogP contribution in [0.2, 0.25) is 0 Å². The van der Waals surface area contributed by atoms with Crippen molar-refractivity contribution in [1.29, 1.82) is 5.26 Å². The second kappa shape index (κ2) is 16.8. The number of nitriles is 1. The number of unbranched alkanes of at least 4 members (excludes halogenated alkanes) is 3. The van der Waals surface area contributed by atoms with Crippen molar-refractivity contribution in [3.05, 3.63) is 104 Å². The quantitative estimate of drug-likeness (QED) is 0.148. The van der Waals surface area contributed by atoms with Gasteiger partial charge in [0.25, 0.3) is 11.1 Å². The Bertz CT molecular complexity index is 1980. The van der Waals surface area contributed by atoms with Crippen LogP contribution < -0.4 is 31.5 Å². The van der Waals surface area contributed by atoms with Crippen LogP contribution in [0.25, 0.3) is 17.7 Å².